The largest absolute Gasteiger partial charge is 0.396 e. The van der Waals surface area contributed by atoms with Crippen molar-refractivity contribution in [2.75, 3.05) is 25.0 Å². The quantitative estimate of drug-likeness (QED) is 0.878. The van der Waals surface area contributed by atoms with Crippen LogP contribution in [0.4, 0.5) is 10.1 Å². The molecule has 1 saturated heterocycles. The molecule has 1 aliphatic rings. The average molecular weight is 315 g/mol. The fraction of sp³-hybridized carbons (Fsp3) is 0.533. The van der Waals surface area contributed by atoms with Gasteiger partial charge in [-0.1, -0.05) is 18.0 Å². The molecular weight excluding hydrogens is 295 g/mol. The molecule has 0 spiro atoms. The summed E-state index contributed by atoms with van der Waals surface area (Å²) in [5, 5.41) is 12.0. The molecule has 116 valence electrons. The van der Waals surface area contributed by atoms with Gasteiger partial charge in [-0.05, 0) is 44.0 Å². The molecule has 4 nitrogen and oxygen atoms in total. The highest BCUT2D eigenvalue weighted by Crippen LogP contribution is 2.21. The van der Waals surface area contributed by atoms with Crippen molar-refractivity contribution in [1.82, 2.24) is 4.90 Å². The third kappa shape index (κ3) is 4.66. The molecule has 6 heteroatoms. The standard InChI is InChI=1S/C15H20ClFN2O2/c16-11-4-5-13(17)14(9-11)18-15(21)10-19-7-2-1-3-12(19)6-8-20/h4-5,9,12,20H,1-3,6-8,10H2,(H,18,21). The lowest BCUT2D eigenvalue weighted by Gasteiger charge is -2.34. The summed E-state index contributed by atoms with van der Waals surface area (Å²) in [4.78, 5) is 14.1. The van der Waals surface area contributed by atoms with E-state index in [-0.39, 0.29) is 30.8 Å². The van der Waals surface area contributed by atoms with Crippen LogP contribution >= 0.6 is 11.6 Å². The van der Waals surface area contributed by atoms with Crippen molar-refractivity contribution in [2.24, 2.45) is 0 Å². The molecule has 0 aliphatic carbocycles. The second kappa shape index (κ2) is 7.73. The zero-order valence-corrected chi connectivity index (χ0v) is 12.6. The van der Waals surface area contributed by atoms with Crippen LogP contribution in [-0.4, -0.2) is 41.7 Å². The molecule has 1 aromatic carbocycles. The van der Waals surface area contributed by atoms with Crippen LogP contribution in [0.15, 0.2) is 18.2 Å². The molecule has 21 heavy (non-hydrogen) atoms. The summed E-state index contributed by atoms with van der Waals surface area (Å²) in [6.45, 7) is 1.15. The molecule has 2 N–H and O–H groups in total. The van der Waals surface area contributed by atoms with Crippen LogP contribution in [0.2, 0.25) is 5.02 Å². The summed E-state index contributed by atoms with van der Waals surface area (Å²) in [5.41, 5.74) is 0.100. The SMILES string of the molecule is O=C(CN1CCCCC1CCO)Nc1cc(Cl)ccc1F. The van der Waals surface area contributed by atoms with Crippen LogP contribution in [-0.2, 0) is 4.79 Å². The van der Waals surface area contributed by atoms with Crippen molar-refractivity contribution in [3.63, 3.8) is 0 Å². The zero-order chi connectivity index (χ0) is 15.2. The van der Waals surface area contributed by atoms with Crippen LogP contribution < -0.4 is 5.32 Å². The Morgan fingerprint density at radius 1 is 1.48 bits per heavy atom. The zero-order valence-electron chi connectivity index (χ0n) is 11.8. The number of anilines is 1. The second-order valence-electron chi connectivity index (χ2n) is 5.30. The molecule has 0 radical (unpaired) electrons. The number of halogens is 2. The summed E-state index contributed by atoms with van der Waals surface area (Å²) in [5.74, 6) is -0.765. The number of hydrogen-bond donors (Lipinski definition) is 2. The molecule has 1 aliphatic heterocycles. The number of likely N-dealkylation sites (tertiary alicyclic amines) is 1. The lowest BCUT2D eigenvalue weighted by molar-refractivity contribution is -0.118. The maximum atomic E-state index is 13.6. The van der Waals surface area contributed by atoms with Gasteiger partial charge < -0.3 is 10.4 Å². The minimum atomic E-state index is -0.502. The fourth-order valence-electron chi connectivity index (χ4n) is 2.71. The van der Waals surface area contributed by atoms with Gasteiger partial charge in [0.05, 0.1) is 12.2 Å². The van der Waals surface area contributed by atoms with Crippen LogP contribution in [0.5, 0.6) is 0 Å². The average Bonchev–Trinajstić information content (AvgIpc) is 2.45. The predicted octanol–water partition coefficient (Wildman–Crippen LogP) is 2.65. The van der Waals surface area contributed by atoms with Crippen LogP contribution in [0.3, 0.4) is 0 Å². The number of rotatable bonds is 5. The molecule has 0 bridgehead atoms. The number of piperidine rings is 1. The summed E-state index contributed by atoms with van der Waals surface area (Å²) in [6.07, 6.45) is 3.81. The number of aliphatic hydroxyl groups excluding tert-OH is 1. The molecule has 0 aromatic heterocycles. The third-order valence-corrected chi connectivity index (χ3v) is 4.00. The van der Waals surface area contributed by atoms with Crippen molar-refractivity contribution in [1.29, 1.82) is 0 Å². The Morgan fingerprint density at radius 3 is 3.05 bits per heavy atom. The molecule has 1 fully saturated rings. The highest BCUT2D eigenvalue weighted by molar-refractivity contribution is 6.30. The first-order chi connectivity index (χ1) is 10.1. The van der Waals surface area contributed by atoms with E-state index in [4.69, 9.17) is 16.7 Å². The van der Waals surface area contributed by atoms with Gasteiger partial charge in [0.1, 0.15) is 5.82 Å². The van der Waals surface area contributed by atoms with Crippen LogP contribution in [0, 0.1) is 5.82 Å². The van der Waals surface area contributed by atoms with E-state index in [1.54, 1.807) is 0 Å². The molecule has 0 saturated carbocycles. The van der Waals surface area contributed by atoms with E-state index in [2.05, 4.69) is 10.2 Å². The van der Waals surface area contributed by atoms with Gasteiger partial charge in [-0.15, -0.1) is 0 Å². The number of carbonyl (C=O) groups is 1. The Labute approximate surface area is 128 Å². The molecule has 1 heterocycles. The van der Waals surface area contributed by atoms with Crippen LogP contribution in [0.25, 0.3) is 0 Å². The lowest BCUT2D eigenvalue weighted by atomic mass is 10.00. The monoisotopic (exact) mass is 314 g/mol. The number of nitrogens with one attached hydrogen (secondary N) is 1. The number of nitrogens with zero attached hydrogens (tertiary/aromatic N) is 1. The summed E-state index contributed by atoms with van der Waals surface area (Å²) in [6, 6.07) is 4.29. The Bertz CT molecular complexity index is 497. The van der Waals surface area contributed by atoms with Gasteiger partial charge in [0.25, 0.3) is 0 Å². The summed E-state index contributed by atoms with van der Waals surface area (Å²) < 4.78 is 13.6. The van der Waals surface area contributed by atoms with Gasteiger partial charge in [-0.2, -0.15) is 0 Å². The number of amides is 1. The van der Waals surface area contributed by atoms with E-state index in [0.717, 1.165) is 25.8 Å². The fourth-order valence-corrected chi connectivity index (χ4v) is 2.88. The van der Waals surface area contributed by atoms with Crippen LogP contribution in [0.1, 0.15) is 25.7 Å². The number of carbonyl (C=O) groups excluding carboxylic acids is 1. The van der Waals surface area contributed by atoms with E-state index in [9.17, 15) is 9.18 Å². The number of hydrogen-bond acceptors (Lipinski definition) is 3. The van der Waals surface area contributed by atoms with Gasteiger partial charge in [-0.25, -0.2) is 4.39 Å². The first kappa shape index (κ1) is 16.2. The van der Waals surface area contributed by atoms with Crippen molar-refractivity contribution >= 4 is 23.2 Å². The second-order valence-corrected chi connectivity index (χ2v) is 5.74. The van der Waals surface area contributed by atoms with E-state index >= 15 is 0 Å². The summed E-state index contributed by atoms with van der Waals surface area (Å²) in [7, 11) is 0. The van der Waals surface area contributed by atoms with Gasteiger partial charge in [0.15, 0.2) is 0 Å². The Hall–Kier alpha value is -1.17. The van der Waals surface area contributed by atoms with E-state index in [1.165, 1.54) is 18.2 Å². The highest BCUT2D eigenvalue weighted by atomic mass is 35.5. The Kier molecular flexibility index (Phi) is 5.96. The van der Waals surface area contributed by atoms with Gasteiger partial charge in [0.2, 0.25) is 5.91 Å². The summed E-state index contributed by atoms with van der Waals surface area (Å²) >= 11 is 5.80. The minimum Gasteiger partial charge on any atom is -0.396 e. The van der Waals surface area contributed by atoms with Crippen molar-refractivity contribution in [2.45, 2.75) is 31.7 Å². The lowest BCUT2D eigenvalue weighted by Crippen LogP contribution is -2.44. The predicted molar refractivity (Wildman–Crippen MR) is 81.0 cm³/mol. The number of aliphatic hydroxyl groups is 1. The highest BCUT2D eigenvalue weighted by Gasteiger charge is 2.24. The van der Waals surface area contributed by atoms with Gasteiger partial charge >= 0.3 is 0 Å². The van der Waals surface area contributed by atoms with Gasteiger partial charge in [-0.3, -0.25) is 9.69 Å². The van der Waals surface area contributed by atoms with E-state index in [1.807, 2.05) is 0 Å². The molecule has 1 amide bonds. The van der Waals surface area contributed by atoms with Gasteiger partial charge in [0, 0.05) is 17.7 Å². The minimum absolute atomic E-state index is 0.100. The van der Waals surface area contributed by atoms with Crippen molar-refractivity contribution in [3.8, 4) is 0 Å². The first-order valence-corrected chi connectivity index (χ1v) is 7.58. The smallest absolute Gasteiger partial charge is 0.238 e. The Morgan fingerprint density at radius 2 is 2.29 bits per heavy atom. The third-order valence-electron chi connectivity index (χ3n) is 3.76. The maximum Gasteiger partial charge on any atom is 0.238 e. The van der Waals surface area contributed by atoms with Crippen molar-refractivity contribution in [3.05, 3.63) is 29.0 Å². The number of benzene rings is 1. The molecule has 2 rings (SSSR count). The Balaban J connectivity index is 1.95. The maximum absolute atomic E-state index is 13.6. The van der Waals surface area contributed by atoms with E-state index < -0.39 is 5.82 Å². The molecular formula is C15H20ClFN2O2. The molecule has 1 atom stereocenters. The first-order valence-electron chi connectivity index (χ1n) is 7.20. The van der Waals surface area contributed by atoms with Crippen molar-refractivity contribution < 1.29 is 14.3 Å². The topological polar surface area (TPSA) is 52.6 Å². The molecule has 1 aromatic rings. The normalized spacial score (nSPS) is 19.5. The molecule has 1 unspecified atom stereocenters. The van der Waals surface area contributed by atoms with E-state index in [0.29, 0.717) is 11.4 Å².